The van der Waals surface area contributed by atoms with Gasteiger partial charge in [-0.15, -0.1) is 0 Å². The van der Waals surface area contributed by atoms with Crippen molar-refractivity contribution >= 4 is 38.3 Å². The summed E-state index contributed by atoms with van der Waals surface area (Å²) >= 11 is 0. The van der Waals surface area contributed by atoms with E-state index in [4.69, 9.17) is 4.74 Å². The SMILES string of the molecule is CCC(C(=O)NC1CCCCC1)N(Cc1cccc(OC)c1)C(=O)CCCN1c2cccc3cccc(c23)S1(=O)=O. The standard InChI is InChI=1S/C32H39N3O5S/c1-3-27(32(37)33-25-14-5-4-6-15-25)34(22-23-11-7-16-26(21-23)40-2)30(36)19-10-20-35-28-17-8-12-24-13-9-18-29(31(24)28)41(35,38)39/h7-9,11-13,16-18,21,25,27H,3-6,10,14-15,19-20,22H2,1-2H3,(H,33,37). The van der Waals surface area contributed by atoms with Crippen molar-refractivity contribution in [3.63, 3.8) is 0 Å². The molecule has 0 radical (unpaired) electrons. The first-order valence-corrected chi connectivity index (χ1v) is 16.0. The lowest BCUT2D eigenvalue weighted by molar-refractivity contribution is -0.141. The fourth-order valence-corrected chi connectivity index (χ4v) is 7.90. The predicted molar refractivity (Wildman–Crippen MR) is 160 cm³/mol. The molecule has 1 aliphatic carbocycles. The van der Waals surface area contributed by atoms with Gasteiger partial charge in [0.1, 0.15) is 11.8 Å². The van der Waals surface area contributed by atoms with Crippen molar-refractivity contribution in [3.8, 4) is 5.75 Å². The topological polar surface area (TPSA) is 96.0 Å². The van der Waals surface area contributed by atoms with Gasteiger partial charge in [0.15, 0.2) is 0 Å². The van der Waals surface area contributed by atoms with Gasteiger partial charge in [0.25, 0.3) is 10.0 Å². The smallest absolute Gasteiger partial charge is 0.265 e. The lowest BCUT2D eigenvalue weighted by Crippen LogP contribution is -2.51. The summed E-state index contributed by atoms with van der Waals surface area (Å²) in [5.41, 5.74) is 1.52. The van der Waals surface area contributed by atoms with Crippen molar-refractivity contribution in [2.24, 2.45) is 0 Å². The van der Waals surface area contributed by atoms with Crippen LogP contribution in [0.2, 0.25) is 0 Å². The third-order valence-corrected chi connectivity index (χ3v) is 10.1. The molecule has 2 aliphatic rings. The molecule has 0 bridgehead atoms. The number of amides is 2. The molecule has 3 aromatic carbocycles. The average Bonchev–Trinajstić information content (AvgIpc) is 3.20. The first-order chi connectivity index (χ1) is 19.8. The molecule has 41 heavy (non-hydrogen) atoms. The third-order valence-electron chi connectivity index (χ3n) is 8.26. The fourth-order valence-electron chi connectivity index (χ4n) is 6.15. The molecular formula is C32H39N3O5S. The number of sulfonamides is 1. The molecule has 218 valence electrons. The summed E-state index contributed by atoms with van der Waals surface area (Å²) in [5, 5.41) is 4.81. The van der Waals surface area contributed by atoms with Crippen LogP contribution in [0.1, 0.15) is 63.9 Å². The Morgan fingerprint density at radius 2 is 1.78 bits per heavy atom. The van der Waals surface area contributed by atoms with E-state index in [0.717, 1.165) is 42.0 Å². The van der Waals surface area contributed by atoms with E-state index in [9.17, 15) is 18.0 Å². The molecule has 0 aromatic heterocycles. The van der Waals surface area contributed by atoms with E-state index in [2.05, 4.69) is 5.32 Å². The zero-order valence-electron chi connectivity index (χ0n) is 23.8. The zero-order chi connectivity index (χ0) is 29.0. The minimum Gasteiger partial charge on any atom is -0.497 e. The van der Waals surface area contributed by atoms with Crippen LogP contribution in [0, 0.1) is 0 Å². The summed E-state index contributed by atoms with van der Waals surface area (Å²) in [4.78, 5) is 29.2. The van der Waals surface area contributed by atoms with Crippen LogP contribution in [-0.2, 0) is 26.2 Å². The number of anilines is 1. The Morgan fingerprint density at radius 3 is 2.51 bits per heavy atom. The zero-order valence-corrected chi connectivity index (χ0v) is 24.7. The molecule has 1 saturated carbocycles. The van der Waals surface area contributed by atoms with Crippen LogP contribution < -0.4 is 14.4 Å². The van der Waals surface area contributed by atoms with E-state index < -0.39 is 16.1 Å². The number of rotatable bonds is 11. The second-order valence-electron chi connectivity index (χ2n) is 11.0. The molecule has 1 N–H and O–H groups in total. The van der Waals surface area contributed by atoms with Crippen LogP contribution >= 0.6 is 0 Å². The van der Waals surface area contributed by atoms with Crippen molar-refractivity contribution in [2.45, 2.75) is 81.8 Å². The van der Waals surface area contributed by atoms with Gasteiger partial charge in [-0.3, -0.25) is 13.9 Å². The lowest BCUT2D eigenvalue weighted by atomic mass is 9.95. The Bertz CT molecular complexity index is 1510. The van der Waals surface area contributed by atoms with Crippen LogP contribution in [0.15, 0.2) is 65.6 Å². The summed E-state index contributed by atoms with van der Waals surface area (Å²) in [5.74, 6) is 0.383. The van der Waals surface area contributed by atoms with Crippen LogP contribution in [0.3, 0.4) is 0 Å². The highest BCUT2D eigenvalue weighted by Gasteiger charge is 2.36. The number of carbonyl (C=O) groups is 2. The van der Waals surface area contributed by atoms with Crippen molar-refractivity contribution in [1.82, 2.24) is 10.2 Å². The molecule has 8 nitrogen and oxygen atoms in total. The minimum absolute atomic E-state index is 0.121. The maximum absolute atomic E-state index is 13.8. The molecule has 2 amide bonds. The number of methoxy groups -OCH3 is 1. The summed E-state index contributed by atoms with van der Waals surface area (Å²) < 4.78 is 33.5. The van der Waals surface area contributed by atoms with E-state index in [-0.39, 0.29) is 37.4 Å². The third kappa shape index (κ3) is 6.05. The van der Waals surface area contributed by atoms with E-state index >= 15 is 0 Å². The quantitative estimate of drug-likeness (QED) is 0.330. The monoisotopic (exact) mass is 577 g/mol. The second-order valence-corrected chi connectivity index (χ2v) is 12.8. The summed E-state index contributed by atoms with van der Waals surface area (Å²) in [6.07, 6.45) is 6.25. The number of hydrogen-bond donors (Lipinski definition) is 1. The Hall–Kier alpha value is -3.59. The van der Waals surface area contributed by atoms with E-state index in [1.807, 2.05) is 55.5 Å². The highest BCUT2D eigenvalue weighted by Crippen LogP contribution is 2.42. The number of carbonyl (C=O) groups excluding carboxylic acids is 2. The summed E-state index contributed by atoms with van der Waals surface area (Å²) in [7, 11) is -2.10. The number of hydrogen-bond acceptors (Lipinski definition) is 5. The number of benzene rings is 3. The highest BCUT2D eigenvalue weighted by molar-refractivity contribution is 7.93. The van der Waals surface area contributed by atoms with Gasteiger partial charge >= 0.3 is 0 Å². The number of nitrogens with zero attached hydrogens (tertiary/aromatic N) is 2. The maximum Gasteiger partial charge on any atom is 0.265 e. The van der Waals surface area contributed by atoms with Crippen LogP contribution in [-0.4, -0.2) is 50.9 Å². The van der Waals surface area contributed by atoms with Gasteiger partial charge < -0.3 is 15.0 Å². The summed E-state index contributed by atoms with van der Waals surface area (Å²) in [6, 6.07) is 17.9. The van der Waals surface area contributed by atoms with Crippen molar-refractivity contribution in [1.29, 1.82) is 0 Å². The number of nitrogens with one attached hydrogen (secondary N) is 1. The molecule has 0 saturated heterocycles. The van der Waals surface area contributed by atoms with Crippen molar-refractivity contribution in [3.05, 3.63) is 66.2 Å². The molecule has 3 aromatic rings. The number of ether oxygens (including phenoxy) is 1. The Kier molecular flexibility index (Phi) is 8.82. The van der Waals surface area contributed by atoms with Gasteiger partial charge in [0.05, 0.1) is 17.7 Å². The minimum atomic E-state index is -3.69. The molecule has 9 heteroatoms. The van der Waals surface area contributed by atoms with Crippen molar-refractivity contribution in [2.75, 3.05) is 18.0 Å². The molecule has 1 aliphatic heterocycles. The molecule has 1 fully saturated rings. The lowest BCUT2D eigenvalue weighted by Gasteiger charge is -2.33. The average molecular weight is 578 g/mol. The van der Waals surface area contributed by atoms with Gasteiger partial charge in [-0.1, -0.05) is 62.6 Å². The van der Waals surface area contributed by atoms with E-state index in [1.165, 1.54) is 10.7 Å². The van der Waals surface area contributed by atoms with Crippen LogP contribution in [0.5, 0.6) is 5.75 Å². The summed E-state index contributed by atoms with van der Waals surface area (Å²) in [6.45, 7) is 2.37. The Morgan fingerprint density at radius 1 is 1.05 bits per heavy atom. The second kappa shape index (κ2) is 12.5. The first kappa shape index (κ1) is 28.9. The molecule has 5 rings (SSSR count). The van der Waals surface area contributed by atoms with Crippen LogP contribution in [0.25, 0.3) is 10.8 Å². The predicted octanol–water partition coefficient (Wildman–Crippen LogP) is 5.39. The first-order valence-electron chi connectivity index (χ1n) is 14.6. The highest BCUT2D eigenvalue weighted by atomic mass is 32.2. The molecule has 0 spiro atoms. The normalized spacial score (nSPS) is 16.9. The largest absolute Gasteiger partial charge is 0.497 e. The van der Waals surface area contributed by atoms with Gasteiger partial charge in [-0.25, -0.2) is 8.42 Å². The molecule has 1 atom stereocenters. The van der Waals surface area contributed by atoms with E-state index in [1.54, 1.807) is 24.1 Å². The Labute approximate surface area is 242 Å². The molecule has 1 heterocycles. The van der Waals surface area contributed by atoms with E-state index in [0.29, 0.717) is 29.2 Å². The maximum atomic E-state index is 13.8. The van der Waals surface area contributed by atoms with Gasteiger partial charge in [-0.05, 0) is 60.9 Å². The van der Waals surface area contributed by atoms with Gasteiger partial charge in [0, 0.05) is 30.9 Å². The van der Waals surface area contributed by atoms with Crippen molar-refractivity contribution < 1.29 is 22.7 Å². The molecule has 1 unspecified atom stereocenters. The molecular weight excluding hydrogens is 538 g/mol. The Balaban J connectivity index is 1.33. The van der Waals surface area contributed by atoms with Crippen LogP contribution in [0.4, 0.5) is 5.69 Å². The fraction of sp³-hybridized carbons (Fsp3) is 0.438. The van der Waals surface area contributed by atoms with Gasteiger partial charge in [0.2, 0.25) is 11.8 Å². The van der Waals surface area contributed by atoms with Gasteiger partial charge in [-0.2, -0.15) is 0 Å².